The number of hydrogen-bond donors (Lipinski definition) is 1. The summed E-state index contributed by atoms with van der Waals surface area (Å²) in [6, 6.07) is 15.4. The van der Waals surface area contributed by atoms with Crippen LogP contribution in [0.3, 0.4) is 0 Å². The fourth-order valence-corrected chi connectivity index (χ4v) is 2.32. The molecule has 106 valence electrons. The molecule has 0 spiro atoms. The Morgan fingerprint density at radius 1 is 1.05 bits per heavy atom. The highest BCUT2D eigenvalue weighted by Gasteiger charge is 2.10. The van der Waals surface area contributed by atoms with E-state index in [1.54, 1.807) is 0 Å². The second kappa shape index (κ2) is 6.08. The molecule has 0 aliphatic carbocycles. The number of hydrogen-bond acceptors (Lipinski definition) is 4. The van der Waals surface area contributed by atoms with Crippen LogP contribution in [0.2, 0.25) is 5.02 Å². The van der Waals surface area contributed by atoms with Gasteiger partial charge in [-0.2, -0.15) is 4.98 Å². The van der Waals surface area contributed by atoms with Crippen LogP contribution in [0.15, 0.2) is 53.1 Å². The number of halogens is 1. The molecule has 0 bridgehead atoms. The molecule has 2 aromatic carbocycles. The van der Waals surface area contributed by atoms with Crippen LogP contribution in [0.4, 0.5) is 0 Å². The molecular weight excluding hydrogens is 286 g/mol. The van der Waals surface area contributed by atoms with Gasteiger partial charge in [0.05, 0.1) is 0 Å². The van der Waals surface area contributed by atoms with E-state index >= 15 is 0 Å². The molecule has 0 unspecified atom stereocenters. The van der Waals surface area contributed by atoms with Crippen LogP contribution in [-0.2, 0) is 13.0 Å². The Labute approximate surface area is 127 Å². The third kappa shape index (κ3) is 3.29. The van der Waals surface area contributed by atoms with E-state index in [9.17, 15) is 0 Å². The van der Waals surface area contributed by atoms with Crippen molar-refractivity contribution in [3.63, 3.8) is 0 Å². The van der Waals surface area contributed by atoms with E-state index in [1.807, 2.05) is 48.5 Å². The summed E-state index contributed by atoms with van der Waals surface area (Å²) in [5, 5.41) is 4.71. The highest BCUT2D eigenvalue weighted by Crippen LogP contribution is 2.20. The molecule has 0 atom stereocenters. The largest absolute Gasteiger partial charge is 0.334 e. The number of nitrogens with zero attached hydrogens (tertiary/aromatic N) is 2. The summed E-state index contributed by atoms with van der Waals surface area (Å²) in [5.41, 5.74) is 8.59. The summed E-state index contributed by atoms with van der Waals surface area (Å²) in [5.74, 6) is 1.13. The molecule has 4 nitrogen and oxygen atoms in total. The van der Waals surface area contributed by atoms with E-state index in [2.05, 4.69) is 10.1 Å². The van der Waals surface area contributed by atoms with Crippen molar-refractivity contribution in [2.45, 2.75) is 13.0 Å². The third-order valence-electron chi connectivity index (χ3n) is 3.13. The van der Waals surface area contributed by atoms with Gasteiger partial charge in [0, 0.05) is 23.6 Å². The molecule has 1 heterocycles. The van der Waals surface area contributed by atoms with Crippen LogP contribution in [-0.4, -0.2) is 10.1 Å². The van der Waals surface area contributed by atoms with Crippen LogP contribution < -0.4 is 5.73 Å². The third-order valence-corrected chi connectivity index (χ3v) is 3.36. The molecule has 0 radical (unpaired) electrons. The van der Waals surface area contributed by atoms with E-state index in [4.69, 9.17) is 21.9 Å². The minimum atomic E-state index is 0.483. The summed E-state index contributed by atoms with van der Waals surface area (Å²) in [4.78, 5) is 4.42. The normalized spacial score (nSPS) is 10.8. The molecule has 5 heteroatoms. The number of aromatic nitrogens is 2. The Kier molecular flexibility index (Phi) is 3.99. The first kappa shape index (κ1) is 13.8. The van der Waals surface area contributed by atoms with Crippen molar-refractivity contribution in [2.75, 3.05) is 0 Å². The molecule has 3 aromatic rings. The molecule has 0 saturated carbocycles. The van der Waals surface area contributed by atoms with Crippen LogP contribution in [0.5, 0.6) is 0 Å². The summed E-state index contributed by atoms with van der Waals surface area (Å²) < 4.78 is 5.32. The maximum absolute atomic E-state index is 5.97. The molecule has 21 heavy (non-hydrogen) atoms. The molecule has 0 fully saturated rings. The molecular formula is C16H14ClN3O. The zero-order valence-electron chi connectivity index (χ0n) is 11.3. The van der Waals surface area contributed by atoms with Crippen LogP contribution in [0, 0.1) is 0 Å². The van der Waals surface area contributed by atoms with Gasteiger partial charge in [-0.25, -0.2) is 0 Å². The average Bonchev–Trinajstić information content (AvgIpc) is 2.96. The van der Waals surface area contributed by atoms with E-state index in [-0.39, 0.29) is 0 Å². The molecule has 0 aliphatic rings. The standard InChI is InChI=1S/C16H14ClN3O/c17-14-6-2-3-11(8-14)9-15-19-16(21-20-15)13-5-1-4-12(7-13)10-18/h1-8H,9-10,18H2. The smallest absolute Gasteiger partial charge is 0.257 e. The topological polar surface area (TPSA) is 64.9 Å². The number of benzene rings is 2. The second-order valence-corrected chi connectivity index (χ2v) is 5.16. The lowest BCUT2D eigenvalue weighted by atomic mass is 10.1. The molecule has 0 aliphatic heterocycles. The van der Waals surface area contributed by atoms with Crippen LogP contribution in [0.25, 0.3) is 11.5 Å². The Bertz CT molecular complexity index is 755. The lowest BCUT2D eigenvalue weighted by Crippen LogP contribution is -1.95. The summed E-state index contributed by atoms with van der Waals surface area (Å²) >= 11 is 5.97. The Morgan fingerprint density at radius 2 is 1.86 bits per heavy atom. The minimum Gasteiger partial charge on any atom is -0.334 e. The van der Waals surface area contributed by atoms with Crippen molar-refractivity contribution in [3.05, 3.63) is 70.5 Å². The zero-order valence-corrected chi connectivity index (χ0v) is 12.0. The van der Waals surface area contributed by atoms with Gasteiger partial charge in [-0.15, -0.1) is 0 Å². The van der Waals surface area contributed by atoms with Gasteiger partial charge in [-0.05, 0) is 35.4 Å². The first-order valence-electron chi connectivity index (χ1n) is 6.61. The summed E-state index contributed by atoms with van der Waals surface area (Å²) in [6.45, 7) is 0.483. The lowest BCUT2D eigenvalue weighted by molar-refractivity contribution is 0.424. The minimum absolute atomic E-state index is 0.483. The van der Waals surface area contributed by atoms with Crippen molar-refractivity contribution in [3.8, 4) is 11.5 Å². The van der Waals surface area contributed by atoms with Gasteiger partial charge in [-0.3, -0.25) is 0 Å². The van der Waals surface area contributed by atoms with E-state index in [0.29, 0.717) is 29.7 Å². The van der Waals surface area contributed by atoms with Gasteiger partial charge in [-0.1, -0.05) is 41.0 Å². The highest BCUT2D eigenvalue weighted by atomic mass is 35.5. The maximum Gasteiger partial charge on any atom is 0.257 e. The monoisotopic (exact) mass is 299 g/mol. The van der Waals surface area contributed by atoms with Gasteiger partial charge in [0.1, 0.15) is 0 Å². The fourth-order valence-electron chi connectivity index (χ4n) is 2.10. The molecule has 0 amide bonds. The fraction of sp³-hybridized carbons (Fsp3) is 0.125. The Balaban J connectivity index is 1.82. The molecule has 2 N–H and O–H groups in total. The SMILES string of the molecule is NCc1cccc(-c2nc(Cc3cccc(Cl)c3)no2)c1. The van der Waals surface area contributed by atoms with Crippen molar-refractivity contribution in [2.24, 2.45) is 5.73 Å². The Hall–Kier alpha value is -2.17. The van der Waals surface area contributed by atoms with Crippen molar-refractivity contribution in [1.82, 2.24) is 10.1 Å². The van der Waals surface area contributed by atoms with Crippen molar-refractivity contribution >= 4 is 11.6 Å². The summed E-state index contributed by atoms with van der Waals surface area (Å²) in [6.07, 6.45) is 0.584. The lowest BCUT2D eigenvalue weighted by Gasteiger charge is -1.98. The molecule has 0 saturated heterocycles. The predicted molar refractivity (Wildman–Crippen MR) is 81.9 cm³/mol. The number of nitrogens with two attached hydrogens (primary N) is 1. The zero-order chi connectivity index (χ0) is 14.7. The van der Waals surface area contributed by atoms with Crippen LogP contribution >= 0.6 is 11.6 Å². The van der Waals surface area contributed by atoms with Crippen LogP contribution in [0.1, 0.15) is 17.0 Å². The number of rotatable bonds is 4. The summed E-state index contributed by atoms with van der Waals surface area (Å²) in [7, 11) is 0. The van der Waals surface area contributed by atoms with E-state index in [1.165, 1.54) is 0 Å². The molecule has 3 rings (SSSR count). The van der Waals surface area contributed by atoms with E-state index in [0.717, 1.165) is 16.7 Å². The van der Waals surface area contributed by atoms with Gasteiger partial charge in [0.25, 0.3) is 5.89 Å². The van der Waals surface area contributed by atoms with Gasteiger partial charge in [0.2, 0.25) is 0 Å². The van der Waals surface area contributed by atoms with Crippen molar-refractivity contribution < 1.29 is 4.52 Å². The van der Waals surface area contributed by atoms with Gasteiger partial charge >= 0.3 is 0 Å². The Morgan fingerprint density at radius 3 is 2.67 bits per heavy atom. The quantitative estimate of drug-likeness (QED) is 0.801. The van der Waals surface area contributed by atoms with Crippen molar-refractivity contribution in [1.29, 1.82) is 0 Å². The maximum atomic E-state index is 5.97. The second-order valence-electron chi connectivity index (χ2n) is 4.73. The average molecular weight is 300 g/mol. The van der Waals surface area contributed by atoms with Gasteiger partial charge < -0.3 is 10.3 Å². The molecule has 1 aromatic heterocycles. The highest BCUT2D eigenvalue weighted by molar-refractivity contribution is 6.30. The van der Waals surface area contributed by atoms with Gasteiger partial charge in [0.15, 0.2) is 5.82 Å². The first-order chi connectivity index (χ1) is 10.2. The first-order valence-corrected chi connectivity index (χ1v) is 6.99. The van der Waals surface area contributed by atoms with E-state index < -0.39 is 0 Å². The predicted octanol–water partition coefficient (Wildman–Crippen LogP) is 3.44.